The van der Waals surface area contributed by atoms with Crippen molar-refractivity contribution in [2.45, 2.75) is 37.7 Å². The molecule has 0 unspecified atom stereocenters. The Morgan fingerprint density at radius 1 is 0.962 bits per heavy atom. The van der Waals surface area contributed by atoms with Gasteiger partial charge in [-0.05, 0) is 54.5 Å². The number of methoxy groups -OCH3 is 1. The fourth-order valence-electron chi connectivity index (χ4n) is 3.95. The molecule has 1 aliphatic carbocycles. The second kappa shape index (κ2) is 6.52. The first-order valence-corrected chi connectivity index (χ1v) is 9.05. The Labute approximate surface area is 153 Å². The Morgan fingerprint density at radius 2 is 1.65 bits per heavy atom. The molecule has 0 atom stereocenters. The van der Waals surface area contributed by atoms with Crippen LogP contribution in [0, 0.1) is 0 Å². The molecule has 26 heavy (non-hydrogen) atoms. The van der Waals surface area contributed by atoms with Crippen molar-refractivity contribution >= 4 is 11.5 Å². The Morgan fingerprint density at radius 3 is 2.35 bits per heavy atom. The van der Waals surface area contributed by atoms with Gasteiger partial charge in [0, 0.05) is 0 Å². The topological polar surface area (TPSA) is 55.8 Å². The Kier molecular flexibility index (Phi) is 4.19. The fourth-order valence-corrected chi connectivity index (χ4v) is 3.95. The van der Waals surface area contributed by atoms with Crippen molar-refractivity contribution in [2.75, 3.05) is 7.11 Å². The van der Waals surface area contributed by atoms with Crippen LogP contribution in [0.15, 0.2) is 54.3 Å². The third-order valence-corrected chi connectivity index (χ3v) is 5.40. The van der Waals surface area contributed by atoms with Crippen LogP contribution in [0.2, 0.25) is 0 Å². The summed E-state index contributed by atoms with van der Waals surface area (Å²) in [7, 11) is 1.64. The zero-order chi connectivity index (χ0) is 18.1. The van der Waals surface area contributed by atoms with Crippen molar-refractivity contribution < 1.29 is 19.4 Å². The molecule has 4 rings (SSSR count). The Bertz CT molecular complexity index is 858. The highest BCUT2D eigenvalue weighted by Gasteiger charge is 2.48. The van der Waals surface area contributed by atoms with Gasteiger partial charge in [0.25, 0.3) is 0 Å². The number of esters is 1. The second-order valence-corrected chi connectivity index (χ2v) is 6.98. The summed E-state index contributed by atoms with van der Waals surface area (Å²) in [5.74, 6) is 0.486. The molecule has 2 aromatic carbocycles. The molecule has 0 bridgehead atoms. The van der Waals surface area contributed by atoms with Gasteiger partial charge < -0.3 is 14.6 Å². The van der Waals surface area contributed by atoms with Gasteiger partial charge in [0.05, 0.1) is 7.11 Å². The number of benzene rings is 2. The van der Waals surface area contributed by atoms with Gasteiger partial charge in [0.1, 0.15) is 11.3 Å². The van der Waals surface area contributed by atoms with Gasteiger partial charge in [0.15, 0.2) is 11.4 Å². The average Bonchev–Trinajstić information content (AvgIpc) is 2.92. The number of aliphatic hydroxyl groups is 1. The maximum Gasteiger partial charge on any atom is 0.343 e. The molecule has 0 saturated heterocycles. The lowest BCUT2D eigenvalue weighted by atomic mass is 9.82. The molecule has 2 aromatic rings. The summed E-state index contributed by atoms with van der Waals surface area (Å²) in [5.41, 5.74) is 2.26. The second-order valence-electron chi connectivity index (χ2n) is 6.98. The van der Waals surface area contributed by atoms with Crippen molar-refractivity contribution in [3.05, 3.63) is 59.9 Å². The van der Waals surface area contributed by atoms with Gasteiger partial charge >= 0.3 is 5.97 Å². The summed E-state index contributed by atoms with van der Waals surface area (Å²) in [4.78, 5) is 12.4. The molecule has 0 amide bonds. The number of aliphatic hydroxyl groups excluding tert-OH is 1. The average molecular weight is 350 g/mol. The lowest BCUT2D eigenvalue weighted by Crippen LogP contribution is -2.34. The van der Waals surface area contributed by atoms with Crippen LogP contribution in [0.4, 0.5) is 0 Å². The lowest BCUT2D eigenvalue weighted by Gasteiger charge is -2.31. The van der Waals surface area contributed by atoms with E-state index in [-0.39, 0.29) is 5.76 Å². The molecule has 4 heteroatoms. The summed E-state index contributed by atoms with van der Waals surface area (Å²) in [6.45, 7) is 0. The molecule has 4 nitrogen and oxygen atoms in total. The first-order chi connectivity index (χ1) is 12.6. The zero-order valence-electron chi connectivity index (χ0n) is 14.8. The highest BCUT2D eigenvalue weighted by molar-refractivity contribution is 6.19. The minimum absolute atomic E-state index is 0.108. The van der Waals surface area contributed by atoms with E-state index < -0.39 is 11.6 Å². The summed E-state index contributed by atoms with van der Waals surface area (Å²) in [6.07, 6.45) is 4.47. The molecular weight excluding hydrogens is 328 g/mol. The van der Waals surface area contributed by atoms with Gasteiger partial charge in [-0.2, -0.15) is 0 Å². The quantitative estimate of drug-likeness (QED) is 0.801. The van der Waals surface area contributed by atoms with Gasteiger partial charge in [0.2, 0.25) is 0 Å². The largest absolute Gasteiger partial charge is 0.507 e. The smallest absolute Gasteiger partial charge is 0.343 e. The van der Waals surface area contributed by atoms with Gasteiger partial charge in [-0.3, -0.25) is 0 Å². The van der Waals surface area contributed by atoms with Crippen LogP contribution in [0.3, 0.4) is 0 Å². The molecule has 1 spiro atoms. The highest BCUT2D eigenvalue weighted by Crippen LogP contribution is 2.45. The van der Waals surface area contributed by atoms with Gasteiger partial charge in [-0.15, -0.1) is 0 Å². The van der Waals surface area contributed by atoms with Crippen LogP contribution in [0.5, 0.6) is 5.75 Å². The van der Waals surface area contributed by atoms with Crippen LogP contribution in [-0.4, -0.2) is 23.8 Å². The van der Waals surface area contributed by atoms with E-state index in [2.05, 4.69) is 0 Å². The molecular formula is C22H22O4. The molecule has 1 heterocycles. The SMILES string of the molecule is COc1cccc(-c2ccc(C3=C(O)C4(CCCCC4)OC3=O)cc2)c1. The van der Waals surface area contributed by atoms with Crippen molar-refractivity contribution in [1.29, 1.82) is 0 Å². The maximum absolute atomic E-state index is 12.4. The van der Waals surface area contributed by atoms with E-state index in [1.54, 1.807) is 7.11 Å². The molecule has 1 fully saturated rings. The zero-order valence-corrected chi connectivity index (χ0v) is 14.8. The number of hydrogen-bond acceptors (Lipinski definition) is 4. The van der Waals surface area contributed by atoms with Crippen LogP contribution in [0.1, 0.15) is 37.7 Å². The molecule has 134 valence electrons. The van der Waals surface area contributed by atoms with E-state index in [4.69, 9.17) is 9.47 Å². The van der Waals surface area contributed by atoms with Gasteiger partial charge in [-0.1, -0.05) is 42.8 Å². The van der Waals surface area contributed by atoms with Crippen molar-refractivity contribution in [3.63, 3.8) is 0 Å². The summed E-state index contributed by atoms with van der Waals surface area (Å²) in [5, 5.41) is 10.8. The van der Waals surface area contributed by atoms with Crippen LogP contribution in [0.25, 0.3) is 16.7 Å². The van der Waals surface area contributed by atoms with E-state index in [0.717, 1.165) is 36.1 Å². The Hall–Kier alpha value is -2.75. The summed E-state index contributed by atoms with van der Waals surface area (Å²) < 4.78 is 10.9. The number of hydrogen-bond donors (Lipinski definition) is 1. The van der Waals surface area contributed by atoms with Crippen LogP contribution >= 0.6 is 0 Å². The first kappa shape index (κ1) is 16.7. The lowest BCUT2D eigenvalue weighted by molar-refractivity contribution is -0.149. The highest BCUT2D eigenvalue weighted by atomic mass is 16.6. The van der Waals surface area contributed by atoms with Crippen molar-refractivity contribution in [1.82, 2.24) is 0 Å². The molecule has 1 aliphatic heterocycles. The van der Waals surface area contributed by atoms with E-state index in [1.807, 2.05) is 48.5 Å². The minimum Gasteiger partial charge on any atom is -0.507 e. The minimum atomic E-state index is -0.796. The number of carbonyl (C=O) groups is 1. The van der Waals surface area contributed by atoms with Gasteiger partial charge in [-0.25, -0.2) is 4.79 Å². The number of rotatable bonds is 3. The van der Waals surface area contributed by atoms with Crippen molar-refractivity contribution in [3.8, 4) is 16.9 Å². The van der Waals surface area contributed by atoms with Crippen LogP contribution < -0.4 is 4.74 Å². The number of carbonyl (C=O) groups excluding carboxylic acids is 1. The number of ether oxygens (including phenoxy) is 2. The predicted molar refractivity (Wildman–Crippen MR) is 99.9 cm³/mol. The third-order valence-electron chi connectivity index (χ3n) is 5.40. The molecule has 0 aromatic heterocycles. The van der Waals surface area contributed by atoms with Crippen LogP contribution in [-0.2, 0) is 9.53 Å². The molecule has 1 saturated carbocycles. The van der Waals surface area contributed by atoms with E-state index in [1.165, 1.54) is 0 Å². The van der Waals surface area contributed by atoms with E-state index in [9.17, 15) is 9.90 Å². The fraction of sp³-hybridized carbons (Fsp3) is 0.318. The normalized spacial score (nSPS) is 18.9. The van der Waals surface area contributed by atoms with E-state index in [0.29, 0.717) is 24.0 Å². The first-order valence-electron chi connectivity index (χ1n) is 9.05. The monoisotopic (exact) mass is 350 g/mol. The molecule has 2 aliphatic rings. The molecule has 1 N–H and O–H groups in total. The summed E-state index contributed by atoms with van der Waals surface area (Å²) >= 11 is 0. The third kappa shape index (κ3) is 2.75. The predicted octanol–water partition coefficient (Wildman–Crippen LogP) is 4.89. The molecule has 0 radical (unpaired) electrons. The summed E-state index contributed by atoms with van der Waals surface area (Å²) in [6, 6.07) is 15.4. The van der Waals surface area contributed by atoms with Crippen molar-refractivity contribution in [2.24, 2.45) is 0 Å². The maximum atomic E-state index is 12.4. The standard InChI is InChI=1S/C22H22O4/c1-25-18-7-5-6-17(14-18)15-8-10-16(11-9-15)19-20(23)22(26-21(19)24)12-3-2-4-13-22/h5-11,14,23H,2-4,12-13H2,1H3. The Balaban J connectivity index is 1.67. The van der Waals surface area contributed by atoms with E-state index >= 15 is 0 Å².